The molecule has 2 bridgehead atoms. The van der Waals surface area contributed by atoms with Gasteiger partial charge in [0.2, 0.25) is 5.89 Å². The van der Waals surface area contributed by atoms with Gasteiger partial charge in [0.1, 0.15) is 11.9 Å². The third-order valence-electron chi connectivity index (χ3n) is 7.89. The number of aliphatic hydroxyl groups is 2. The second-order valence-electron chi connectivity index (χ2n) is 10.0. The number of aromatic nitrogens is 1. The molecule has 1 amide bonds. The van der Waals surface area contributed by atoms with Crippen LogP contribution in [0.5, 0.6) is 0 Å². The molecule has 0 saturated heterocycles. The summed E-state index contributed by atoms with van der Waals surface area (Å²) in [6.45, 7) is 1.91. The van der Waals surface area contributed by atoms with Crippen molar-refractivity contribution in [2.24, 2.45) is 17.8 Å². The van der Waals surface area contributed by atoms with Gasteiger partial charge in [-0.3, -0.25) is 4.79 Å². The van der Waals surface area contributed by atoms with E-state index >= 15 is 0 Å². The first-order chi connectivity index (χ1) is 17.9. The van der Waals surface area contributed by atoms with E-state index in [0.29, 0.717) is 6.42 Å². The predicted molar refractivity (Wildman–Crippen MR) is 133 cm³/mol. The van der Waals surface area contributed by atoms with Crippen LogP contribution in [0, 0.1) is 29.4 Å². The quantitative estimate of drug-likeness (QED) is 0.399. The smallest absolute Gasteiger partial charge is 0.255 e. The minimum atomic E-state index is -4.07. The Bertz CT molecular complexity index is 1480. The van der Waals surface area contributed by atoms with Crippen molar-refractivity contribution >= 4 is 33.0 Å². The summed E-state index contributed by atoms with van der Waals surface area (Å²) in [7, 11) is -4.07. The molecule has 3 unspecified atom stereocenters. The second kappa shape index (κ2) is 9.71. The number of rotatable bonds is 6. The number of fused-ring (bicyclic) bond motifs is 2. The average Bonchev–Trinajstić information content (AvgIpc) is 3.44. The third kappa shape index (κ3) is 4.41. The monoisotopic (exact) mass is 566 g/mol. The Morgan fingerprint density at radius 1 is 1.18 bits per heavy atom. The van der Waals surface area contributed by atoms with E-state index < -0.39 is 56.2 Å². The van der Waals surface area contributed by atoms with Crippen molar-refractivity contribution in [3.8, 4) is 0 Å². The molecule has 2 saturated carbocycles. The number of amides is 1. The molecule has 202 valence electrons. The Morgan fingerprint density at radius 3 is 2.61 bits per heavy atom. The summed E-state index contributed by atoms with van der Waals surface area (Å²) in [5.74, 6) is -4.14. The molecular formula is C26H25ClF2N2O6S. The molecule has 6 atom stereocenters. The Hall–Kier alpha value is -2.86. The molecule has 2 aliphatic carbocycles. The largest absolute Gasteiger partial charge is 0.446 e. The van der Waals surface area contributed by atoms with Crippen molar-refractivity contribution in [2.75, 3.05) is 5.32 Å². The molecule has 0 spiro atoms. The van der Waals surface area contributed by atoms with Crippen molar-refractivity contribution in [3.05, 3.63) is 77.0 Å². The van der Waals surface area contributed by atoms with Gasteiger partial charge in [-0.15, -0.1) is 0 Å². The number of benzene rings is 2. The number of halogens is 3. The van der Waals surface area contributed by atoms with E-state index in [4.69, 9.17) is 16.0 Å². The van der Waals surface area contributed by atoms with Gasteiger partial charge >= 0.3 is 0 Å². The van der Waals surface area contributed by atoms with Gasteiger partial charge < -0.3 is 19.9 Å². The highest BCUT2D eigenvalue weighted by Crippen LogP contribution is 2.58. The molecule has 0 radical (unpaired) electrons. The molecule has 1 heterocycles. The van der Waals surface area contributed by atoms with Gasteiger partial charge in [-0.2, -0.15) is 0 Å². The maximum Gasteiger partial charge on any atom is 0.255 e. The molecule has 5 rings (SSSR count). The first-order valence-electron chi connectivity index (χ1n) is 12.0. The van der Waals surface area contributed by atoms with Gasteiger partial charge in [0.15, 0.2) is 27.6 Å². The minimum absolute atomic E-state index is 0.00464. The lowest BCUT2D eigenvalue weighted by Gasteiger charge is -2.44. The highest BCUT2D eigenvalue weighted by atomic mass is 35.5. The van der Waals surface area contributed by atoms with Crippen LogP contribution in [0.4, 0.5) is 14.5 Å². The van der Waals surface area contributed by atoms with E-state index in [1.165, 1.54) is 30.7 Å². The number of carbonyl (C=O) groups excluding carboxylic acids is 1. The van der Waals surface area contributed by atoms with Gasteiger partial charge in [0.25, 0.3) is 5.91 Å². The Kier molecular flexibility index (Phi) is 6.83. The first-order valence-corrected chi connectivity index (χ1v) is 13.9. The fraction of sp³-hybridized carbons (Fsp3) is 0.385. The van der Waals surface area contributed by atoms with Crippen molar-refractivity contribution < 1.29 is 36.6 Å². The van der Waals surface area contributed by atoms with Crippen molar-refractivity contribution in [1.82, 2.24) is 4.98 Å². The fourth-order valence-corrected chi connectivity index (χ4v) is 8.41. The number of nitrogens with one attached hydrogen (secondary N) is 1. The first kappa shape index (κ1) is 26.7. The maximum atomic E-state index is 13.8. The second-order valence-corrected chi connectivity index (χ2v) is 12.6. The molecule has 2 aliphatic rings. The molecule has 3 aromatic rings. The molecule has 1 aromatic heterocycles. The Balaban J connectivity index is 1.41. The van der Waals surface area contributed by atoms with Gasteiger partial charge in [0.05, 0.1) is 21.4 Å². The summed E-state index contributed by atoms with van der Waals surface area (Å²) in [5, 5.41) is 24.0. The zero-order valence-corrected chi connectivity index (χ0v) is 21.7. The topological polar surface area (TPSA) is 130 Å². The molecule has 2 fully saturated rings. The number of hydrogen-bond donors (Lipinski definition) is 3. The highest BCUT2D eigenvalue weighted by Gasteiger charge is 2.62. The zero-order chi connectivity index (χ0) is 27.4. The Morgan fingerprint density at radius 2 is 1.95 bits per heavy atom. The van der Waals surface area contributed by atoms with Gasteiger partial charge in [-0.05, 0) is 67.3 Å². The van der Waals surface area contributed by atoms with Crippen LogP contribution in [-0.4, -0.2) is 40.4 Å². The number of nitrogens with zero attached hydrogens (tertiary/aromatic N) is 1. The van der Waals surface area contributed by atoms with Crippen LogP contribution in [0.15, 0.2) is 58.2 Å². The number of oxazole rings is 1. The van der Waals surface area contributed by atoms with Crippen molar-refractivity contribution in [2.45, 2.75) is 48.0 Å². The number of hydrogen-bond acceptors (Lipinski definition) is 7. The van der Waals surface area contributed by atoms with E-state index in [1.807, 2.05) is 6.92 Å². The van der Waals surface area contributed by atoms with Crippen molar-refractivity contribution in [1.29, 1.82) is 0 Å². The van der Waals surface area contributed by atoms with E-state index in [2.05, 4.69) is 10.3 Å². The Labute approximate surface area is 222 Å². The predicted octanol–water partition coefficient (Wildman–Crippen LogP) is 4.53. The van der Waals surface area contributed by atoms with Crippen molar-refractivity contribution in [3.63, 3.8) is 0 Å². The molecule has 12 heteroatoms. The number of anilines is 1. The van der Waals surface area contributed by atoms with Crippen LogP contribution >= 0.6 is 11.6 Å². The lowest BCUT2D eigenvalue weighted by atomic mass is 9.70. The summed E-state index contributed by atoms with van der Waals surface area (Å²) < 4.78 is 59.5. The molecule has 8 nitrogen and oxygen atoms in total. The van der Waals surface area contributed by atoms with E-state index in [0.717, 1.165) is 18.2 Å². The molecule has 3 N–H and O–H groups in total. The summed E-state index contributed by atoms with van der Waals surface area (Å²) in [5.41, 5.74) is -1.65. The van der Waals surface area contributed by atoms with Gasteiger partial charge in [-0.25, -0.2) is 22.2 Å². The standard InChI is InChI=1S/C26H25ClF2N2O6S/c1-13-8-15-10-17(12-18(13)26(15,34)23(32)25-30-6-7-37-25)38(35,36)22-9-14(2-4-19(22)27)24(33)31-16-3-5-20(28)21(29)11-16/h2-7,9,11,13,15,17-18,23,32,34H,8,10,12H2,1H3,(H,31,33)/t13-,15?,17+,18?,23?,26+/m0/s1. The summed E-state index contributed by atoms with van der Waals surface area (Å²) in [6, 6.07) is 6.62. The van der Waals surface area contributed by atoms with Crippen LogP contribution in [0.3, 0.4) is 0 Å². The van der Waals surface area contributed by atoms with E-state index in [9.17, 15) is 32.2 Å². The maximum absolute atomic E-state index is 13.8. The number of carbonyl (C=O) groups is 1. The summed E-state index contributed by atoms with van der Waals surface area (Å²) in [4.78, 5) is 16.5. The zero-order valence-electron chi connectivity index (χ0n) is 20.1. The van der Waals surface area contributed by atoms with Gasteiger partial charge in [-0.1, -0.05) is 18.5 Å². The third-order valence-corrected chi connectivity index (χ3v) is 10.5. The summed E-state index contributed by atoms with van der Waals surface area (Å²) >= 11 is 6.28. The van der Waals surface area contributed by atoms with Crippen LogP contribution in [0.25, 0.3) is 0 Å². The van der Waals surface area contributed by atoms with Crippen LogP contribution < -0.4 is 5.32 Å². The lowest BCUT2D eigenvalue weighted by Crippen LogP contribution is -2.52. The molecule has 0 aliphatic heterocycles. The number of aliphatic hydroxyl groups excluding tert-OH is 1. The van der Waals surface area contributed by atoms with E-state index in [1.54, 1.807) is 0 Å². The minimum Gasteiger partial charge on any atom is -0.446 e. The normalized spacial score (nSPS) is 27.7. The van der Waals surface area contributed by atoms with E-state index in [-0.39, 0.29) is 45.8 Å². The van der Waals surface area contributed by atoms with Crippen LogP contribution in [-0.2, 0) is 9.84 Å². The highest BCUT2D eigenvalue weighted by molar-refractivity contribution is 7.92. The molecular weight excluding hydrogens is 542 g/mol. The lowest BCUT2D eigenvalue weighted by molar-refractivity contribution is -0.155. The molecule has 38 heavy (non-hydrogen) atoms. The number of sulfone groups is 1. The van der Waals surface area contributed by atoms with Gasteiger partial charge in [0, 0.05) is 17.3 Å². The molecule has 2 aromatic carbocycles. The summed E-state index contributed by atoms with van der Waals surface area (Å²) in [6.07, 6.45) is 1.89. The fourth-order valence-electron chi connectivity index (χ4n) is 6.03. The SMILES string of the molecule is C[C@H]1CC2C[C@@H](S(=O)(=O)c3cc(C(=O)Nc4ccc(F)c(F)c4)ccc3Cl)CC1[C@@]2(O)C(O)c1ncco1. The van der Waals surface area contributed by atoms with Crippen LogP contribution in [0.2, 0.25) is 5.02 Å². The van der Waals surface area contributed by atoms with Crippen LogP contribution in [0.1, 0.15) is 48.5 Å². The average molecular weight is 567 g/mol.